The summed E-state index contributed by atoms with van der Waals surface area (Å²) in [7, 11) is 0. The van der Waals surface area contributed by atoms with Crippen LogP contribution in [0.15, 0.2) is 17.1 Å². The number of ether oxygens (including phenoxy) is 1. The van der Waals surface area contributed by atoms with E-state index in [0.29, 0.717) is 24.8 Å². The first-order chi connectivity index (χ1) is 8.83. The molecule has 0 saturated heterocycles. The number of rotatable bonds is 4. The number of hydrogen-bond acceptors (Lipinski definition) is 4. The predicted molar refractivity (Wildman–Crippen MR) is 70.4 cm³/mol. The number of hydrogen-bond donors (Lipinski definition) is 2. The Kier molecular flexibility index (Phi) is 4.86. The van der Waals surface area contributed by atoms with Crippen LogP contribution >= 0.6 is 0 Å². The topological polar surface area (TPSA) is 88.3 Å². The van der Waals surface area contributed by atoms with Crippen molar-refractivity contribution in [3.63, 3.8) is 0 Å². The minimum Gasteiger partial charge on any atom is -0.444 e. The molecule has 1 amide bonds. The zero-order chi connectivity index (χ0) is 14.5. The molecule has 0 aromatic carbocycles. The third kappa shape index (κ3) is 4.95. The zero-order valence-electron chi connectivity index (χ0n) is 11.3. The molecule has 0 bridgehead atoms. The summed E-state index contributed by atoms with van der Waals surface area (Å²) in [5.74, 6) is 0. The monoisotopic (exact) mass is 266 g/mol. The first kappa shape index (κ1) is 14.9. The summed E-state index contributed by atoms with van der Waals surface area (Å²) in [5, 5.41) is 2.57. The van der Waals surface area contributed by atoms with Gasteiger partial charge in [0.05, 0.1) is 5.56 Å². The molecule has 0 unspecified atom stereocenters. The van der Waals surface area contributed by atoms with Crippen molar-refractivity contribution < 1.29 is 14.3 Å². The molecule has 6 heteroatoms. The normalized spacial score (nSPS) is 10.9. The van der Waals surface area contributed by atoms with Crippen LogP contribution in [0.5, 0.6) is 0 Å². The molecule has 6 nitrogen and oxygen atoms in total. The van der Waals surface area contributed by atoms with E-state index in [1.807, 2.05) is 0 Å². The van der Waals surface area contributed by atoms with Crippen LogP contribution in [-0.2, 0) is 11.2 Å². The van der Waals surface area contributed by atoms with E-state index in [9.17, 15) is 14.4 Å². The van der Waals surface area contributed by atoms with Crippen LogP contribution in [0.3, 0.4) is 0 Å². The van der Waals surface area contributed by atoms with Gasteiger partial charge >= 0.3 is 6.09 Å². The molecule has 1 heterocycles. The van der Waals surface area contributed by atoms with Crippen molar-refractivity contribution in [1.82, 2.24) is 10.3 Å². The van der Waals surface area contributed by atoms with Crippen LogP contribution in [0.25, 0.3) is 0 Å². The lowest BCUT2D eigenvalue weighted by molar-refractivity contribution is 0.0528. The number of pyridine rings is 1. The summed E-state index contributed by atoms with van der Waals surface area (Å²) in [5.41, 5.74) is -0.296. The lowest BCUT2D eigenvalue weighted by Gasteiger charge is -2.19. The van der Waals surface area contributed by atoms with Gasteiger partial charge in [0, 0.05) is 12.7 Å². The van der Waals surface area contributed by atoms with Gasteiger partial charge in [-0.15, -0.1) is 0 Å². The van der Waals surface area contributed by atoms with Gasteiger partial charge in [-0.05, 0) is 38.8 Å². The average molecular weight is 266 g/mol. The van der Waals surface area contributed by atoms with Gasteiger partial charge < -0.3 is 15.0 Å². The molecule has 1 rings (SSSR count). The molecular weight excluding hydrogens is 248 g/mol. The van der Waals surface area contributed by atoms with E-state index in [2.05, 4.69) is 10.3 Å². The highest BCUT2D eigenvalue weighted by Crippen LogP contribution is 2.06. The molecule has 1 aromatic rings. The smallest absolute Gasteiger partial charge is 0.407 e. The van der Waals surface area contributed by atoms with Gasteiger partial charge in [-0.1, -0.05) is 0 Å². The molecule has 19 heavy (non-hydrogen) atoms. The van der Waals surface area contributed by atoms with E-state index in [-0.39, 0.29) is 5.56 Å². The van der Waals surface area contributed by atoms with Gasteiger partial charge in [0.1, 0.15) is 5.60 Å². The second-order valence-electron chi connectivity index (χ2n) is 5.04. The molecule has 0 aliphatic carbocycles. The van der Waals surface area contributed by atoms with Crippen LogP contribution in [-0.4, -0.2) is 29.5 Å². The lowest BCUT2D eigenvalue weighted by Crippen LogP contribution is -2.33. The Balaban J connectivity index is 2.55. The maximum Gasteiger partial charge on any atom is 0.407 e. The third-order valence-corrected chi connectivity index (χ3v) is 2.27. The zero-order valence-corrected chi connectivity index (χ0v) is 11.3. The molecular formula is C13H18N2O4. The number of H-pyrrole nitrogens is 1. The van der Waals surface area contributed by atoms with E-state index in [1.54, 1.807) is 26.8 Å². The Morgan fingerprint density at radius 1 is 1.47 bits per heavy atom. The van der Waals surface area contributed by atoms with Crippen molar-refractivity contribution in [3.05, 3.63) is 33.7 Å². The fourth-order valence-electron chi connectivity index (χ4n) is 1.49. The highest BCUT2D eigenvalue weighted by Gasteiger charge is 2.15. The summed E-state index contributed by atoms with van der Waals surface area (Å²) in [6.07, 6.45) is 1.85. The van der Waals surface area contributed by atoms with Crippen LogP contribution in [0.1, 0.15) is 36.7 Å². The van der Waals surface area contributed by atoms with Crippen molar-refractivity contribution in [2.45, 2.75) is 32.8 Å². The van der Waals surface area contributed by atoms with Gasteiger partial charge in [0.25, 0.3) is 5.56 Å². The highest BCUT2D eigenvalue weighted by molar-refractivity contribution is 5.76. The molecule has 104 valence electrons. The Morgan fingerprint density at radius 2 is 2.16 bits per heavy atom. The number of alkyl carbamates (subject to hydrolysis) is 1. The molecule has 0 atom stereocenters. The van der Waals surface area contributed by atoms with Gasteiger partial charge in [-0.25, -0.2) is 4.79 Å². The van der Waals surface area contributed by atoms with Crippen molar-refractivity contribution in [2.75, 3.05) is 6.54 Å². The van der Waals surface area contributed by atoms with Crippen LogP contribution < -0.4 is 10.9 Å². The van der Waals surface area contributed by atoms with Crippen LogP contribution in [0, 0.1) is 0 Å². The lowest BCUT2D eigenvalue weighted by atomic mass is 10.1. The summed E-state index contributed by atoms with van der Waals surface area (Å²) in [6, 6.07) is 1.64. The maximum atomic E-state index is 11.4. The summed E-state index contributed by atoms with van der Waals surface area (Å²) in [4.78, 5) is 36.0. The van der Waals surface area contributed by atoms with E-state index in [1.165, 1.54) is 6.20 Å². The molecule has 0 aliphatic rings. The molecule has 2 N–H and O–H groups in total. The van der Waals surface area contributed by atoms with Gasteiger partial charge in [0.2, 0.25) is 0 Å². The number of aromatic nitrogens is 1. The van der Waals surface area contributed by atoms with E-state index >= 15 is 0 Å². The number of carbonyl (C=O) groups is 2. The van der Waals surface area contributed by atoms with E-state index in [0.717, 1.165) is 0 Å². The van der Waals surface area contributed by atoms with E-state index < -0.39 is 17.3 Å². The molecule has 0 aliphatic heterocycles. The minimum atomic E-state index is -0.554. The maximum absolute atomic E-state index is 11.4. The van der Waals surface area contributed by atoms with Gasteiger partial charge in [0.15, 0.2) is 6.29 Å². The standard InChI is InChI=1S/C13H18N2O4/c1-13(2,3)19-12(18)15-7-5-9-4-6-14-11(17)10(9)8-16/h4,6,8H,5,7H2,1-3H3,(H,14,17)(H,15,18). The largest absolute Gasteiger partial charge is 0.444 e. The van der Waals surface area contributed by atoms with Crippen LogP contribution in [0.4, 0.5) is 4.79 Å². The molecule has 0 saturated carbocycles. The van der Waals surface area contributed by atoms with Crippen molar-refractivity contribution >= 4 is 12.4 Å². The number of aromatic amines is 1. The Morgan fingerprint density at radius 3 is 2.74 bits per heavy atom. The summed E-state index contributed by atoms with van der Waals surface area (Å²) >= 11 is 0. The predicted octanol–water partition coefficient (Wildman–Crippen LogP) is 1.25. The van der Waals surface area contributed by atoms with Crippen molar-refractivity contribution in [2.24, 2.45) is 0 Å². The average Bonchev–Trinajstić information content (AvgIpc) is 2.26. The Hall–Kier alpha value is -2.11. The van der Waals surface area contributed by atoms with Gasteiger partial charge in [-0.3, -0.25) is 9.59 Å². The third-order valence-electron chi connectivity index (χ3n) is 2.27. The number of amides is 1. The van der Waals surface area contributed by atoms with Crippen molar-refractivity contribution in [3.8, 4) is 0 Å². The molecule has 0 fully saturated rings. The fourth-order valence-corrected chi connectivity index (χ4v) is 1.49. The first-order valence-electron chi connectivity index (χ1n) is 5.96. The van der Waals surface area contributed by atoms with Gasteiger partial charge in [-0.2, -0.15) is 0 Å². The number of carbonyl (C=O) groups excluding carboxylic acids is 2. The molecule has 1 aromatic heterocycles. The second-order valence-corrected chi connectivity index (χ2v) is 5.04. The fraction of sp³-hybridized carbons (Fsp3) is 0.462. The van der Waals surface area contributed by atoms with Crippen molar-refractivity contribution in [1.29, 1.82) is 0 Å². The summed E-state index contributed by atoms with van der Waals surface area (Å²) < 4.78 is 5.07. The van der Waals surface area contributed by atoms with E-state index in [4.69, 9.17) is 4.74 Å². The Bertz CT molecular complexity index is 514. The summed E-state index contributed by atoms with van der Waals surface area (Å²) in [6.45, 7) is 5.61. The minimum absolute atomic E-state index is 0.0912. The second kappa shape index (κ2) is 6.17. The van der Waals surface area contributed by atoms with Crippen LogP contribution in [0.2, 0.25) is 0 Å². The number of aldehydes is 1. The quantitative estimate of drug-likeness (QED) is 0.803. The molecule has 0 spiro atoms. The number of nitrogens with one attached hydrogen (secondary N) is 2. The SMILES string of the molecule is CC(C)(C)OC(=O)NCCc1cc[nH]c(=O)c1C=O. The highest BCUT2D eigenvalue weighted by atomic mass is 16.6. The Labute approximate surface area is 111 Å². The molecule has 0 radical (unpaired) electrons. The first-order valence-corrected chi connectivity index (χ1v) is 5.96.